The number of halogens is 5. The summed E-state index contributed by atoms with van der Waals surface area (Å²) in [6.07, 6.45) is -4.56. The first-order valence-corrected chi connectivity index (χ1v) is 9.47. The van der Waals surface area contributed by atoms with E-state index in [1.807, 2.05) is 0 Å². The highest BCUT2D eigenvalue weighted by Gasteiger charge is 2.37. The summed E-state index contributed by atoms with van der Waals surface area (Å²) < 4.78 is 40.2. The number of hydrogen-bond acceptors (Lipinski definition) is 2. The second-order valence-electron chi connectivity index (χ2n) is 6.07. The second kappa shape index (κ2) is 7.63. The molecule has 1 heterocycles. The van der Waals surface area contributed by atoms with Crippen LogP contribution in [-0.2, 0) is 15.8 Å². The van der Waals surface area contributed by atoms with Crippen LogP contribution in [-0.4, -0.2) is 18.4 Å². The van der Waals surface area contributed by atoms with E-state index in [0.29, 0.717) is 10.2 Å². The maximum absolute atomic E-state index is 12.9. The molecule has 0 saturated carbocycles. The largest absolute Gasteiger partial charge is 0.416 e. The summed E-state index contributed by atoms with van der Waals surface area (Å²) >= 11 is 6.66. The SMILES string of the molecule is O=C(Nc1ccc(Br)cc1Br)[C@H]1CC(=O)N(c2cccc(C(F)(F)F)c2)C1. The third-order valence-corrected chi connectivity index (χ3v) is 5.32. The predicted molar refractivity (Wildman–Crippen MR) is 102 cm³/mol. The number of carbonyl (C=O) groups is 2. The van der Waals surface area contributed by atoms with E-state index in [0.717, 1.165) is 16.6 Å². The van der Waals surface area contributed by atoms with Crippen LogP contribution in [0.1, 0.15) is 12.0 Å². The van der Waals surface area contributed by atoms with Gasteiger partial charge in [-0.25, -0.2) is 0 Å². The van der Waals surface area contributed by atoms with Crippen molar-refractivity contribution < 1.29 is 22.8 Å². The van der Waals surface area contributed by atoms with Crippen LogP contribution in [0.4, 0.5) is 24.5 Å². The molecular formula is C18H13Br2F3N2O2. The molecule has 0 radical (unpaired) electrons. The Morgan fingerprint density at radius 1 is 1.15 bits per heavy atom. The van der Waals surface area contributed by atoms with Gasteiger partial charge in [0.05, 0.1) is 17.2 Å². The fourth-order valence-corrected chi connectivity index (χ4v) is 3.95. The van der Waals surface area contributed by atoms with Gasteiger partial charge in [0.2, 0.25) is 11.8 Å². The van der Waals surface area contributed by atoms with Gasteiger partial charge < -0.3 is 10.2 Å². The summed E-state index contributed by atoms with van der Waals surface area (Å²) in [5.41, 5.74) is -0.150. The van der Waals surface area contributed by atoms with E-state index >= 15 is 0 Å². The topological polar surface area (TPSA) is 49.4 Å². The first-order chi connectivity index (χ1) is 12.6. The molecule has 0 spiro atoms. The number of rotatable bonds is 3. The molecule has 4 nitrogen and oxygen atoms in total. The van der Waals surface area contributed by atoms with Crippen LogP contribution in [0.5, 0.6) is 0 Å². The minimum Gasteiger partial charge on any atom is -0.325 e. The van der Waals surface area contributed by atoms with Gasteiger partial charge in [-0.15, -0.1) is 0 Å². The quantitative estimate of drug-likeness (QED) is 0.621. The van der Waals surface area contributed by atoms with Crippen LogP contribution in [0.25, 0.3) is 0 Å². The zero-order chi connectivity index (χ0) is 19.8. The fourth-order valence-electron chi connectivity index (χ4n) is 2.81. The molecule has 1 saturated heterocycles. The second-order valence-corrected chi connectivity index (χ2v) is 7.84. The molecule has 9 heteroatoms. The van der Waals surface area contributed by atoms with E-state index in [9.17, 15) is 22.8 Å². The van der Waals surface area contributed by atoms with Gasteiger partial charge in [0.1, 0.15) is 0 Å². The third-order valence-electron chi connectivity index (χ3n) is 4.17. The summed E-state index contributed by atoms with van der Waals surface area (Å²) in [5.74, 6) is -1.40. The van der Waals surface area contributed by atoms with Crippen molar-refractivity contribution in [2.75, 3.05) is 16.8 Å². The third kappa shape index (κ3) is 4.52. The molecule has 0 bridgehead atoms. The Kier molecular flexibility index (Phi) is 5.62. The van der Waals surface area contributed by atoms with Crippen LogP contribution in [0.15, 0.2) is 51.4 Å². The highest BCUT2D eigenvalue weighted by Crippen LogP contribution is 2.34. The van der Waals surface area contributed by atoms with Crippen LogP contribution in [0.3, 0.4) is 0 Å². The van der Waals surface area contributed by atoms with Crippen molar-refractivity contribution in [3.05, 3.63) is 57.0 Å². The molecule has 1 N–H and O–H groups in total. The molecule has 1 aliphatic rings. The zero-order valence-corrected chi connectivity index (χ0v) is 16.9. The lowest BCUT2D eigenvalue weighted by Gasteiger charge is -2.18. The van der Waals surface area contributed by atoms with Crippen LogP contribution in [0, 0.1) is 5.92 Å². The molecule has 1 atom stereocenters. The Morgan fingerprint density at radius 2 is 1.89 bits per heavy atom. The molecule has 0 aromatic heterocycles. The van der Waals surface area contributed by atoms with Crippen LogP contribution >= 0.6 is 31.9 Å². The van der Waals surface area contributed by atoms with Crippen LogP contribution in [0.2, 0.25) is 0 Å². The molecule has 2 aromatic rings. The normalized spacial score (nSPS) is 17.3. The van der Waals surface area contributed by atoms with Crippen molar-refractivity contribution in [3.8, 4) is 0 Å². The number of alkyl halides is 3. The standard InChI is InChI=1S/C18H13Br2F3N2O2/c19-12-4-5-15(14(20)8-12)24-17(27)10-6-16(26)25(9-10)13-3-1-2-11(7-13)18(21,22)23/h1-5,7-8,10H,6,9H2,(H,24,27)/t10-/m0/s1. The van der Waals surface area contributed by atoms with E-state index in [1.54, 1.807) is 18.2 Å². The number of amides is 2. The average molecular weight is 506 g/mol. The molecular weight excluding hydrogens is 493 g/mol. The molecule has 2 aromatic carbocycles. The van der Waals surface area contributed by atoms with Crippen molar-refractivity contribution in [1.82, 2.24) is 0 Å². The number of carbonyl (C=O) groups excluding carboxylic acids is 2. The lowest BCUT2D eigenvalue weighted by atomic mass is 10.1. The lowest BCUT2D eigenvalue weighted by molar-refractivity contribution is -0.137. The van der Waals surface area contributed by atoms with Gasteiger partial charge in [-0.1, -0.05) is 22.0 Å². The Bertz CT molecular complexity index is 902. The minimum atomic E-state index is -4.50. The minimum absolute atomic E-state index is 0.0279. The van der Waals surface area contributed by atoms with Gasteiger partial charge >= 0.3 is 6.18 Å². The summed E-state index contributed by atoms with van der Waals surface area (Å²) in [6, 6.07) is 9.77. The van der Waals surface area contributed by atoms with Gasteiger partial charge in [0.15, 0.2) is 0 Å². The first kappa shape index (κ1) is 19.9. The molecule has 0 unspecified atom stereocenters. The highest BCUT2D eigenvalue weighted by molar-refractivity contribution is 9.11. The molecule has 1 fully saturated rings. The summed E-state index contributed by atoms with van der Waals surface area (Å²) in [5, 5.41) is 2.74. The monoisotopic (exact) mass is 504 g/mol. The van der Waals surface area contributed by atoms with E-state index in [4.69, 9.17) is 0 Å². The van der Waals surface area contributed by atoms with Gasteiger partial charge in [0.25, 0.3) is 0 Å². The number of nitrogens with zero attached hydrogens (tertiary/aromatic N) is 1. The molecule has 142 valence electrons. The summed E-state index contributed by atoms with van der Waals surface area (Å²) in [7, 11) is 0. The van der Waals surface area contributed by atoms with Crippen molar-refractivity contribution in [1.29, 1.82) is 0 Å². The first-order valence-electron chi connectivity index (χ1n) is 7.88. The van der Waals surface area contributed by atoms with Gasteiger partial charge in [0, 0.05) is 27.6 Å². The van der Waals surface area contributed by atoms with Gasteiger partial charge in [-0.3, -0.25) is 9.59 Å². The van der Waals surface area contributed by atoms with E-state index in [-0.39, 0.29) is 30.5 Å². The Morgan fingerprint density at radius 3 is 2.56 bits per heavy atom. The summed E-state index contributed by atoms with van der Waals surface area (Å²) in [6.45, 7) is 0.0279. The Balaban J connectivity index is 1.74. The molecule has 0 aliphatic carbocycles. The Hall–Kier alpha value is -1.87. The van der Waals surface area contributed by atoms with Gasteiger partial charge in [-0.05, 0) is 52.3 Å². The number of hydrogen-bond donors (Lipinski definition) is 1. The van der Waals surface area contributed by atoms with E-state index < -0.39 is 17.7 Å². The number of nitrogens with one attached hydrogen (secondary N) is 1. The molecule has 2 amide bonds. The maximum Gasteiger partial charge on any atom is 0.416 e. The van der Waals surface area contributed by atoms with E-state index in [1.165, 1.54) is 17.0 Å². The number of anilines is 2. The number of benzene rings is 2. The van der Waals surface area contributed by atoms with Crippen molar-refractivity contribution in [2.45, 2.75) is 12.6 Å². The molecule has 3 rings (SSSR count). The highest BCUT2D eigenvalue weighted by atomic mass is 79.9. The maximum atomic E-state index is 12.9. The molecule has 1 aliphatic heterocycles. The van der Waals surface area contributed by atoms with Crippen molar-refractivity contribution >= 4 is 55.0 Å². The Labute approximate surface area is 170 Å². The average Bonchev–Trinajstić information content (AvgIpc) is 2.99. The lowest BCUT2D eigenvalue weighted by Crippen LogP contribution is -2.28. The van der Waals surface area contributed by atoms with Crippen LogP contribution < -0.4 is 10.2 Å². The smallest absolute Gasteiger partial charge is 0.325 e. The predicted octanol–water partition coefficient (Wildman–Crippen LogP) is 5.22. The molecule has 27 heavy (non-hydrogen) atoms. The van der Waals surface area contributed by atoms with Crippen molar-refractivity contribution in [3.63, 3.8) is 0 Å². The van der Waals surface area contributed by atoms with Crippen molar-refractivity contribution in [2.24, 2.45) is 5.92 Å². The fraction of sp³-hybridized carbons (Fsp3) is 0.222. The zero-order valence-electron chi connectivity index (χ0n) is 13.7. The van der Waals surface area contributed by atoms with Gasteiger partial charge in [-0.2, -0.15) is 13.2 Å². The summed E-state index contributed by atoms with van der Waals surface area (Å²) in [4.78, 5) is 26.0. The van der Waals surface area contributed by atoms with E-state index in [2.05, 4.69) is 37.2 Å².